The summed E-state index contributed by atoms with van der Waals surface area (Å²) in [5, 5.41) is 13.5. The number of amides is 1. The number of fused-ring (bicyclic) bond motifs is 2. The van der Waals surface area contributed by atoms with Crippen molar-refractivity contribution < 1.29 is 14.3 Å². The van der Waals surface area contributed by atoms with Crippen LogP contribution in [0.5, 0.6) is 11.5 Å². The van der Waals surface area contributed by atoms with Crippen LogP contribution in [0, 0.1) is 0 Å². The molecule has 0 spiro atoms. The lowest BCUT2D eigenvalue weighted by Gasteiger charge is -2.29. The smallest absolute Gasteiger partial charge is 0.255 e. The Bertz CT molecular complexity index is 1730. The van der Waals surface area contributed by atoms with Crippen molar-refractivity contribution >= 4 is 28.3 Å². The van der Waals surface area contributed by atoms with Crippen LogP contribution in [0.4, 0.5) is 11.6 Å². The van der Waals surface area contributed by atoms with Gasteiger partial charge in [0.1, 0.15) is 17.5 Å². The van der Waals surface area contributed by atoms with Gasteiger partial charge in [-0.05, 0) is 35.9 Å². The highest BCUT2D eigenvalue weighted by atomic mass is 16.5. The molecule has 8 nitrogen and oxygen atoms in total. The van der Waals surface area contributed by atoms with E-state index in [1.807, 2.05) is 67.6 Å². The molecule has 8 heteroatoms. The summed E-state index contributed by atoms with van der Waals surface area (Å²) < 4.78 is 12.9. The average Bonchev–Trinajstić information content (AvgIpc) is 3.39. The van der Waals surface area contributed by atoms with Gasteiger partial charge in [0.15, 0.2) is 5.82 Å². The minimum atomic E-state index is -0.594. The van der Waals surface area contributed by atoms with Crippen LogP contribution >= 0.6 is 0 Å². The molecule has 2 heterocycles. The molecular weight excluding hydrogens is 490 g/mol. The molecule has 0 saturated carbocycles. The predicted molar refractivity (Wildman–Crippen MR) is 152 cm³/mol. The zero-order chi connectivity index (χ0) is 26.9. The standard InChI is InChI=1S/C31H27N5O3/c1-19-27(30(37)33-24-16-7-9-18-26(24)39-3)28(23-14-6-8-17-25(23)38-2)36-31(32-19)34-29(35-36)22-15-10-12-20-11-4-5-13-21(20)22/h4-18,28H,1-3H3,(H,33,37)(H,32,34,35). The number of hydrogen-bond donors (Lipinski definition) is 2. The van der Waals surface area contributed by atoms with Crippen LogP contribution in [0.15, 0.2) is 102 Å². The zero-order valence-electron chi connectivity index (χ0n) is 21.8. The van der Waals surface area contributed by atoms with Crippen LogP contribution < -0.4 is 20.1 Å². The van der Waals surface area contributed by atoms with Crippen LogP contribution in [-0.2, 0) is 4.79 Å². The number of hydrogen-bond acceptors (Lipinski definition) is 6. The molecule has 0 saturated heterocycles. The van der Waals surface area contributed by atoms with Gasteiger partial charge in [0, 0.05) is 16.8 Å². The highest BCUT2D eigenvalue weighted by Crippen LogP contribution is 2.41. The summed E-state index contributed by atoms with van der Waals surface area (Å²) in [6, 6.07) is 28.6. The lowest BCUT2D eigenvalue weighted by molar-refractivity contribution is -0.113. The number of nitrogens with zero attached hydrogens (tertiary/aromatic N) is 3. The van der Waals surface area contributed by atoms with E-state index >= 15 is 0 Å². The summed E-state index contributed by atoms with van der Waals surface area (Å²) in [5.74, 6) is 2.04. The first-order valence-electron chi connectivity index (χ1n) is 12.6. The Hall–Kier alpha value is -5.11. The van der Waals surface area contributed by atoms with Gasteiger partial charge in [0.2, 0.25) is 5.95 Å². The molecule has 39 heavy (non-hydrogen) atoms. The molecule has 1 aliphatic heterocycles. The fourth-order valence-electron chi connectivity index (χ4n) is 5.10. The number of nitrogens with one attached hydrogen (secondary N) is 2. The summed E-state index contributed by atoms with van der Waals surface area (Å²) in [6.07, 6.45) is 0. The molecule has 194 valence electrons. The Labute approximate surface area is 225 Å². The molecule has 0 aliphatic carbocycles. The van der Waals surface area contributed by atoms with Crippen LogP contribution in [0.1, 0.15) is 18.5 Å². The molecule has 1 atom stereocenters. The maximum Gasteiger partial charge on any atom is 0.255 e. The molecule has 1 aliphatic rings. The maximum absolute atomic E-state index is 13.9. The van der Waals surface area contributed by atoms with E-state index in [0.717, 1.165) is 21.9 Å². The van der Waals surface area contributed by atoms with E-state index in [4.69, 9.17) is 19.6 Å². The van der Waals surface area contributed by atoms with E-state index in [1.165, 1.54) is 0 Å². The summed E-state index contributed by atoms with van der Waals surface area (Å²) in [4.78, 5) is 18.8. The van der Waals surface area contributed by atoms with Crippen LogP contribution in [0.2, 0.25) is 0 Å². The molecular formula is C31H27N5O3. The van der Waals surface area contributed by atoms with Crippen molar-refractivity contribution in [1.29, 1.82) is 0 Å². The topological polar surface area (TPSA) is 90.3 Å². The Kier molecular flexibility index (Phi) is 6.20. The molecule has 2 N–H and O–H groups in total. The Morgan fingerprint density at radius 1 is 0.872 bits per heavy atom. The van der Waals surface area contributed by atoms with Gasteiger partial charge < -0.3 is 20.1 Å². The van der Waals surface area contributed by atoms with Crippen molar-refractivity contribution in [3.05, 3.63) is 108 Å². The second-order valence-electron chi connectivity index (χ2n) is 9.19. The first-order chi connectivity index (χ1) is 19.1. The SMILES string of the molecule is COc1ccccc1NC(=O)C1=C(C)Nc2nc(-c3cccc4ccccc34)nn2C1c1ccccc1OC. The lowest BCUT2D eigenvalue weighted by Crippen LogP contribution is -2.31. The molecule has 0 fully saturated rings. The summed E-state index contributed by atoms with van der Waals surface area (Å²) in [7, 11) is 3.20. The summed E-state index contributed by atoms with van der Waals surface area (Å²) in [6.45, 7) is 1.87. The van der Waals surface area contributed by atoms with Gasteiger partial charge in [-0.3, -0.25) is 4.79 Å². The molecule has 1 unspecified atom stereocenters. The number of carbonyl (C=O) groups excluding carboxylic acids is 1. The largest absolute Gasteiger partial charge is 0.496 e. The molecule has 5 aromatic rings. The Morgan fingerprint density at radius 2 is 1.56 bits per heavy atom. The van der Waals surface area contributed by atoms with Gasteiger partial charge in [-0.15, -0.1) is 5.10 Å². The van der Waals surface area contributed by atoms with Gasteiger partial charge in [-0.1, -0.05) is 72.8 Å². The quantitative estimate of drug-likeness (QED) is 0.285. The monoisotopic (exact) mass is 517 g/mol. The second kappa shape index (κ2) is 9.98. The van der Waals surface area contributed by atoms with E-state index in [0.29, 0.717) is 40.2 Å². The van der Waals surface area contributed by atoms with E-state index < -0.39 is 6.04 Å². The van der Waals surface area contributed by atoms with E-state index in [1.54, 1.807) is 31.0 Å². The number of anilines is 2. The van der Waals surface area contributed by atoms with Crippen molar-refractivity contribution in [3.8, 4) is 22.9 Å². The van der Waals surface area contributed by atoms with E-state index in [-0.39, 0.29) is 5.91 Å². The minimum Gasteiger partial charge on any atom is -0.496 e. The Morgan fingerprint density at radius 3 is 2.38 bits per heavy atom. The lowest BCUT2D eigenvalue weighted by atomic mass is 9.94. The number of aromatic nitrogens is 3. The summed E-state index contributed by atoms with van der Waals surface area (Å²) >= 11 is 0. The fourth-order valence-corrected chi connectivity index (χ4v) is 5.10. The average molecular weight is 518 g/mol. The maximum atomic E-state index is 13.9. The second-order valence-corrected chi connectivity index (χ2v) is 9.19. The predicted octanol–water partition coefficient (Wildman–Crippen LogP) is 6.04. The van der Waals surface area contributed by atoms with Crippen LogP contribution in [0.3, 0.4) is 0 Å². The van der Waals surface area contributed by atoms with E-state index in [2.05, 4.69) is 28.8 Å². The molecule has 1 amide bonds. The third-order valence-corrected chi connectivity index (χ3v) is 6.92. The molecule has 0 bridgehead atoms. The van der Waals surface area contributed by atoms with E-state index in [9.17, 15) is 4.79 Å². The number of carbonyl (C=O) groups is 1. The number of benzene rings is 4. The van der Waals surface area contributed by atoms with Crippen molar-refractivity contribution in [2.45, 2.75) is 13.0 Å². The Balaban J connectivity index is 1.50. The third kappa shape index (κ3) is 4.25. The number of allylic oxidation sites excluding steroid dienone is 1. The summed E-state index contributed by atoms with van der Waals surface area (Å²) in [5.41, 5.74) is 3.44. The fraction of sp³-hybridized carbons (Fsp3) is 0.129. The van der Waals surface area contributed by atoms with Gasteiger partial charge in [-0.25, -0.2) is 4.68 Å². The third-order valence-electron chi connectivity index (χ3n) is 6.92. The molecule has 1 aromatic heterocycles. The molecule has 0 radical (unpaired) electrons. The highest BCUT2D eigenvalue weighted by Gasteiger charge is 2.36. The highest BCUT2D eigenvalue weighted by molar-refractivity contribution is 6.07. The molecule has 4 aromatic carbocycles. The van der Waals surface area contributed by atoms with Gasteiger partial charge in [0.05, 0.1) is 25.5 Å². The zero-order valence-corrected chi connectivity index (χ0v) is 21.8. The number of methoxy groups -OCH3 is 2. The normalized spacial score (nSPS) is 14.5. The van der Waals surface area contributed by atoms with Gasteiger partial charge >= 0.3 is 0 Å². The number of para-hydroxylation sites is 3. The van der Waals surface area contributed by atoms with Gasteiger partial charge in [-0.2, -0.15) is 4.98 Å². The first kappa shape index (κ1) is 24.2. The van der Waals surface area contributed by atoms with Crippen LogP contribution in [-0.4, -0.2) is 34.9 Å². The number of ether oxygens (including phenoxy) is 2. The van der Waals surface area contributed by atoms with Crippen molar-refractivity contribution in [3.63, 3.8) is 0 Å². The van der Waals surface area contributed by atoms with Crippen molar-refractivity contribution in [2.24, 2.45) is 0 Å². The van der Waals surface area contributed by atoms with Crippen molar-refractivity contribution in [1.82, 2.24) is 14.8 Å². The first-order valence-corrected chi connectivity index (χ1v) is 12.6. The molecule has 6 rings (SSSR count). The van der Waals surface area contributed by atoms with Crippen molar-refractivity contribution in [2.75, 3.05) is 24.9 Å². The van der Waals surface area contributed by atoms with Gasteiger partial charge in [0.25, 0.3) is 5.91 Å². The minimum absolute atomic E-state index is 0.284. The number of rotatable bonds is 6. The van der Waals surface area contributed by atoms with Crippen LogP contribution in [0.25, 0.3) is 22.2 Å².